The van der Waals surface area contributed by atoms with E-state index in [1.807, 2.05) is 0 Å². The van der Waals surface area contributed by atoms with Gasteiger partial charge in [0, 0.05) is 6.07 Å². The van der Waals surface area contributed by atoms with Crippen molar-refractivity contribution in [1.29, 1.82) is 0 Å². The Balaban J connectivity index is 2.45. The SMILES string of the molecule is Cc1oc(C(=O)O)cc1S(=O)(=O)Nc1cc(C(F)(F)F)ccc1F. The van der Waals surface area contributed by atoms with Gasteiger partial charge in [-0.3, -0.25) is 4.72 Å². The third-order valence-corrected chi connectivity index (χ3v) is 4.38. The molecular formula is C13H9F4NO5S. The van der Waals surface area contributed by atoms with Crippen molar-refractivity contribution in [3.05, 3.63) is 47.2 Å². The molecule has 0 saturated carbocycles. The molecule has 0 aliphatic carbocycles. The Hall–Kier alpha value is -2.56. The maximum Gasteiger partial charge on any atom is 0.416 e. The molecule has 0 atom stereocenters. The summed E-state index contributed by atoms with van der Waals surface area (Å²) >= 11 is 0. The normalized spacial score (nSPS) is 12.2. The summed E-state index contributed by atoms with van der Waals surface area (Å²) < 4.78 is 82.2. The van der Waals surface area contributed by atoms with Gasteiger partial charge in [0.05, 0.1) is 11.3 Å². The predicted octanol–water partition coefficient (Wildman–Crippen LogP) is 3.24. The fraction of sp³-hybridized carbons (Fsp3) is 0.154. The maximum atomic E-state index is 13.6. The van der Waals surface area contributed by atoms with Crippen molar-refractivity contribution in [3.63, 3.8) is 0 Å². The van der Waals surface area contributed by atoms with E-state index in [2.05, 4.69) is 0 Å². The Morgan fingerprint density at radius 3 is 2.38 bits per heavy atom. The molecule has 0 aliphatic heterocycles. The Morgan fingerprint density at radius 1 is 1.25 bits per heavy atom. The second-order valence-corrected chi connectivity index (χ2v) is 6.28. The molecule has 1 heterocycles. The molecule has 130 valence electrons. The van der Waals surface area contributed by atoms with Crippen LogP contribution in [0.3, 0.4) is 0 Å². The second-order valence-electron chi connectivity index (χ2n) is 4.63. The first-order valence-corrected chi connectivity index (χ1v) is 7.63. The predicted molar refractivity (Wildman–Crippen MR) is 72.6 cm³/mol. The van der Waals surface area contributed by atoms with Crippen LogP contribution in [-0.2, 0) is 16.2 Å². The molecule has 0 bridgehead atoms. The zero-order valence-electron chi connectivity index (χ0n) is 11.8. The second kappa shape index (κ2) is 5.82. The summed E-state index contributed by atoms with van der Waals surface area (Å²) in [6.45, 7) is 1.14. The summed E-state index contributed by atoms with van der Waals surface area (Å²) in [4.78, 5) is 10.1. The van der Waals surface area contributed by atoms with Crippen LogP contribution in [0.4, 0.5) is 23.2 Å². The highest BCUT2D eigenvalue weighted by atomic mass is 32.2. The topological polar surface area (TPSA) is 96.6 Å². The Kier molecular flexibility index (Phi) is 4.31. The molecule has 1 aromatic heterocycles. The molecule has 0 fully saturated rings. The van der Waals surface area contributed by atoms with Gasteiger partial charge >= 0.3 is 12.1 Å². The van der Waals surface area contributed by atoms with Crippen LogP contribution >= 0.6 is 0 Å². The first-order valence-electron chi connectivity index (χ1n) is 6.15. The van der Waals surface area contributed by atoms with Gasteiger partial charge in [-0.2, -0.15) is 13.2 Å². The summed E-state index contributed by atoms with van der Waals surface area (Å²) in [5, 5.41) is 8.75. The van der Waals surface area contributed by atoms with E-state index in [1.54, 1.807) is 4.72 Å². The number of aromatic carboxylic acids is 1. The average Bonchev–Trinajstić information content (AvgIpc) is 2.83. The Labute approximate surface area is 132 Å². The minimum absolute atomic E-state index is 0.292. The third-order valence-electron chi connectivity index (χ3n) is 2.91. The number of hydrogen-bond donors (Lipinski definition) is 2. The van der Waals surface area contributed by atoms with Crippen LogP contribution in [-0.4, -0.2) is 19.5 Å². The lowest BCUT2D eigenvalue weighted by Gasteiger charge is -2.11. The molecule has 6 nitrogen and oxygen atoms in total. The summed E-state index contributed by atoms with van der Waals surface area (Å²) in [7, 11) is -4.56. The smallest absolute Gasteiger partial charge is 0.416 e. The van der Waals surface area contributed by atoms with E-state index >= 15 is 0 Å². The van der Waals surface area contributed by atoms with Crippen LogP contribution in [0.15, 0.2) is 33.6 Å². The zero-order chi connectivity index (χ0) is 18.3. The number of anilines is 1. The van der Waals surface area contributed by atoms with Crippen molar-refractivity contribution < 1.29 is 40.3 Å². The Bertz CT molecular complexity index is 902. The highest BCUT2D eigenvalue weighted by molar-refractivity contribution is 7.92. The summed E-state index contributed by atoms with van der Waals surface area (Å²) in [6, 6.07) is 1.89. The van der Waals surface area contributed by atoms with Gasteiger partial charge in [-0.15, -0.1) is 0 Å². The number of benzene rings is 1. The number of furan rings is 1. The molecule has 0 spiro atoms. The summed E-state index contributed by atoms with van der Waals surface area (Å²) in [6.07, 6.45) is -4.80. The van der Waals surface area contributed by atoms with Crippen molar-refractivity contribution in [2.75, 3.05) is 4.72 Å². The number of halogens is 4. The number of carboxylic acid groups (broad SMARTS) is 1. The highest BCUT2D eigenvalue weighted by Crippen LogP contribution is 2.33. The van der Waals surface area contributed by atoms with Crippen LogP contribution in [0, 0.1) is 12.7 Å². The molecule has 2 N–H and O–H groups in total. The first kappa shape index (κ1) is 17.8. The van der Waals surface area contributed by atoms with Crippen LogP contribution in [0.25, 0.3) is 0 Å². The largest absolute Gasteiger partial charge is 0.475 e. The average molecular weight is 367 g/mol. The quantitative estimate of drug-likeness (QED) is 0.809. The van der Waals surface area contributed by atoms with Crippen LogP contribution in [0.5, 0.6) is 0 Å². The lowest BCUT2D eigenvalue weighted by atomic mass is 10.2. The van der Waals surface area contributed by atoms with Crippen molar-refractivity contribution in [1.82, 2.24) is 0 Å². The van der Waals surface area contributed by atoms with Crippen molar-refractivity contribution >= 4 is 21.7 Å². The van der Waals surface area contributed by atoms with Gasteiger partial charge in [-0.1, -0.05) is 0 Å². The number of sulfonamides is 1. The van der Waals surface area contributed by atoms with Crippen molar-refractivity contribution in [2.24, 2.45) is 0 Å². The molecule has 0 radical (unpaired) electrons. The number of aryl methyl sites for hydroxylation is 1. The van der Waals surface area contributed by atoms with E-state index < -0.39 is 49.9 Å². The third kappa shape index (κ3) is 3.50. The molecule has 0 unspecified atom stereocenters. The number of alkyl halides is 3. The van der Waals surface area contributed by atoms with E-state index in [1.165, 1.54) is 0 Å². The zero-order valence-corrected chi connectivity index (χ0v) is 12.6. The first-order chi connectivity index (χ1) is 10.9. The maximum absolute atomic E-state index is 13.6. The molecule has 1 aromatic carbocycles. The summed E-state index contributed by atoms with van der Waals surface area (Å²) in [5.74, 6) is -3.76. The monoisotopic (exact) mass is 367 g/mol. The van der Waals surface area contributed by atoms with E-state index in [0.29, 0.717) is 24.3 Å². The van der Waals surface area contributed by atoms with Crippen molar-refractivity contribution in [3.8, 4) is 0 Å². The fourth-order valence-corrected chi connectivity index (χ4v) is 3.06. The van der Waals surface area contributed by atoms with Crippen molar-refractivity contribution in [2.45, 2.75) is 18.0 Å². The van der Waals surface area contributed by atoms with Gasteiger partial charge in [0.2, 0.25) is 5.76 Å². The van der Waals surface area contributed by atoms with Crippen LogP contribution in [0.1, 0.15) is 21.9 Å². The summed E-state index contributed by atoms with van der Waals surface area (Å²) in [5.41, 5.74) is -2.18. The fourth-order valence-electron chi connectivity index (χ4n) is 1.82. The molecule has 2 rings (SSSR count). The number of carboxylic acids is 1. The number of hydrogen-bond acceptors (Lipinski definition) is 4. The molecular weight excluding hydrogens is 358 g/mol. The van der Waals surface area contributed by atoms with Gasteiger partial charge in [-0.05, 0) is 25.1 Å². The van der Waals surface area contributed by atoms with Crippen LogP contribution < -0.4 is 4.72 Å². The van der Waals surface area contributed by atoms with E-state index in [0.717, 1.165) is 6.92 Å². The molecule has 0 saturated heterocycles. The number of nitrogens with one attached hydrogen (secondary N) is 1. The van der Waals surface area contributed by atoms with Gasteiger partial charge in [0.25, 0.3) is 10.0 Å². The van der Waals surface area contributed by atoms with Gasteiger partial charge in [0.1, 0.15) is 16.5 Å². The lowest BCUT2D eigenvalue weighted by molar-refractivity contribution is -0.137. The minimum atomic E-state index is -4.80. The van der Waals surface area contributed by atoms with E-state index in [9.17, 15) is 30.8 Å². The van der Waals surface area contributed by atoms with E-state index in [-0.39, 0.29) is 5.76 Å². The highest BCUT2D eigenvalue weighted by Gasteiger charge is 2.32. The molecule has 2 aromatic rings. The minimum Gasteiger partial charge on any atom is -0.475 e. The molecule has 0 amide bonds. The van der Waals surface area contributed by atoms with Gasteiger partial charge < -0.3 is 9.52 Å². The standard InChI is InChI=1S/C13H9F4NO5S/c1-6-11(5-10(23-6)12(19)20)24(21,22)18-9-4-7(13(15,16)17)2-3-8(9)14/h2-5,18H,1H3,(H,19,20). The number of rotatable bonds is 4. The van der Waals surface area contributed by atoms with Gasteiger partial charge in [0.15, 0.2) is 0 Å². The van der Waals surface area contributed by atoms with Gasteiger partial charge in [-0.25, -0.2) is 17.6 Å². The molecule has 24 heavy (non-hydrogen) atoms. The van der Waals surface area contributed by atoms with E-state index in [4.69, 9.17) is 9.52 Å². The molecule has 0 aliphatic rings. The van der Waals surface area contributed by atoms with Crippen LogP contribution in [0.2, 0.25) is 0 Å². The Morgan fingerprint density at radius 2 is 1.88 bits per heavy atom. The lowest BCUT2D eigenvalue weighted by Crippen LogP contribution is -2.15. The molecule has 11 heteroatoms. The number of carbonyl (C=O) groups is 1.